The zero-order valence-electron chi connectivity index (χ0n) is 13.3. The molecule has 0 saturated carbocycles. The second-order valence-electron chi connectivity index (χ2n) is 5.58. The average molecular weight is 404 g/mol. The minimum atomic E-state index is -0.0796. The van der Waals surface area contributed by atoms with Crippen LogP contribution in [0.1, 0.15) is 36.7 Å². The standard InChI is InChI=1S/C15H24N4O.HI/c1-15(2,3)19-14(17-5)18-10-11-7-6-8-12(9-11)13(20)16-4;/h6-9H,10H2,1-5H3,(H,16,20)(H2,17,18,19);1H. The van der Waals surface area contributed by atoms with Gasteiger partial charge in [0, 0.05) is 31.7 Å². The molecule has 1 amide bonds. The van der Waals surface area contributed by atoms with Crippen LogP contribution in [-0.2, 0) is 6.54 Å². The molecule has 0 aromatic heterocycles. The SMILES string of the molecule is CN=C(NCc1cccc(C(=O)NC)c1)NC(C)(C)C.I. The van der Waals surface area contributed by atoms with Crippen LogP contribution < -0.4 is 16.0 Å². The number of nitrogens with zero attached hydrogens (tertiary/aromatic N) is 1. The van der Waals surface area contributed by atoms with Crippen molar-refractivity contribution < 1.29 is 4.79 Å². The van der Waals surface area contributed by atoms with E-state index < -0.39 is 0 Å². The summed E-state index contributed by atoms with van der Waals surface area (Å²) in [6.45, 7) is 6.84. The second kappa shape index (κ2) is 8.86. The number of hydrogen-bond donors (Lipinski definition) is 3. The highest BCUT2D eigenvalue weighted by Gasteiger charge is 2.11. The molecule has 0 radical (unpaired) electrons. The highest BCUT2D eigenvalue weighted by Crippen LogP contribution is 2.05. The molecule has 5 nitrogen and oxygen atoms in total. The average Bonchev–Trinajstić information content (AvgIpc) is 2.41. The van der Waals surface area contributed by atoms with Crippen LogP contribution in [0.2, 0.25) is 0 Å². The van der Waals surface area contributed by atoms with Gasteiger partial charge in [-0.2, -0.15) is 0 Å². The summed E-state index contributed by atoms with van der Waals surface area (Å²) >= 11 is 0. The van der Waals surface area contributed by atoms with Gasteiger partial charge in [0.1, 0.15) is 0 Å². The third-order valence-corrected chi connectivity index (χ3v) is 2.59. The Morgan fingerprint density at radius 1 is 1.29 bits per heavy atom. The van der Waals surface area contributed by atoms with Crippen molar-refractivity contribution in [1.29, 1.82) is 0 Å². The Bertz CT molecular complexity index is 495. The fourth-order valence-electron chi connectivity index (χ4n) is 1.69. The normalized spacial score (nSPS) is 11.4. The monoisotopic (exact) mass is 404 g/mol. The molecule has 0 saturated heterocycles. The molecule has 1 rings (SSSR count). The van der Waals surface area contributed by atoms with Gasteiger partial charge in [-0.15, -0.1) is 24.0 Å². The molecule has 0 aliphatic carbocycles. The number of carbonyl (C=O) groups excluding carboxylic acids is 1. The van der Waals surface area contributed by atoms with E-state index in [1.165, 1.54) is 0 Å². The number of halogens is 1. The molecule has 21 heavy (non-hydrogen) atoms. The Morgan fingerprint density at radius 2 is 1.95 bits per heavy atom. The largest absolute Gasteiger partial charge is 0.355 e. The van der Waals surface area contributed by atoms with Gasteiger partial charge >= 0.3 is 0 Å². The lowest BCUT2D eigenvalue weighted by Crippen LogP contribution is -2.47. The van der Waals surface area contributed by atoms with E-state index in [-0.39, 0.29) is 35.4 Å². The number of carbonyl (C=O) groups is 1. The number of benzene rings is 1. The molecule has 0 fully saturated rings. The van der Waals surface area contributed by atoms with Gasteiger partial charge in [-0.3, -0.25) is 9.79 Å². The van der Waals surface area contributed by atoms with Gasteiger partial charge in [-0.25, -0.2) is 0 Å². The van der Waals surface area contributed by atoms with Crippen LogP contribution in [0.15, 0.2) is 29.3 Å². The maximum atomic E-state index is 11.6. The summed E-state index contributed by atoms with van der Waals surface area (Å²) in [5, 5.41) is 9.14. The summed E-state index contributed by atoms with van der Waals surface area (Å²) in [5.74, 6) is 0.659. The van der Waals surface area contributed by atoms with Crippen molar-refractivity contribution in [3.05, 3.63) is 35.4 Å². The number of amides is 1. The van der Waals surface area contributed by atoms with Crippen LogP contribution in [0.4, 0.5) is 0 Å². The van der Waals surface area contributed by atoms with E-state index in [0.717, 1.165) is 11.5 Å². The lowest BCUT2D eigenvalue weighted by atomic mass is 10.1. The Hall–Kier alpha value is -1.31. The van der Waals surface area contributed by atoms with Gasteiger partial charge in [0.05, 0.1) is 0 Å². The quantitative estimate of drug-likeness (QED) is 0.411. The molecule has 0 bridgehead atoms. The third kappa shape index (κ3) is 7.31. The number of nitrogens with one attached hydrogen (secondary N) is 3. The summed E-state index contributed by atoms with van der Waals surface area (Å²) in [7, 11) is 3.37. The third-order valence-electron chi connectivity index (χ3n) is 2.59. The Morgan fingerprint density at radius 3 is 2.48 bits per heavy atom. The number of hydrogen-bond acceptors (Lipinski definition) is 2. The van der Waals surface area contributed by atoms with E-state index >= 15 is 0 Å². The molecule has 118 valence electrons. The predicted octanol–water partition coefficient (Wildman–Crippen LogP) is 2.13. The van der Waals surface area contributed by atoms with Crippen molar-refractivity contribution in [2.24, 2.45) is 4.99 Å². The van der Waals surface area contributed by atoms with E-state index in [0.29, 0.717) is 12.1 Å². The first-order valence-electron chi connectivity index (χ1n) is 6.65. The molecule has 0 aliphatic rings. The fourth-order valence-corrected chi connectivity index (χ4v) is 1.69. The van der Waals surface area contributed by atoms with E-state index in [1.807, 2.05) is 18.2 Å². The van der Waals surface area contributed by atoms with Gasteiger partial charge < -0.3 is 16.0 Å². The van der Waals surface area contributed by atoms with Gasteiger partial charge in [0.2, 0.25) is 0 Å². The highest BCUT2D eigenvalue weighted by molar-refractivity contribution is 14.0. The van der Waals surface area contributed by atoms with Crippen molar-refractivity contribution in [2.45, 2.75) is 32.9 Å². The van der Waals surface area contributed by atoms with Gasteiger partial charge in [0.15, 0.2) is 5.96 Å². The lowest BCUT2D eigenvalue weighted by molar-refractivity contribution is 0.0963. The van der Waals surface area contributed by atoms with Crippen molar-refractivity contribution in [1.82, 2.24) is 16.0 Å². The van der Waals surface area contributed by atoms with E-state index in [9.17, 15) is 4.79 Å². The van der Waals surface area contributed by atoms with Crippen LogP contribution in [0.25, 0.3) is 0 Å². The number of rotatable bonds is 3. The van der Waals surface area contributed by atoms with E-state index in [2.05, 4.69) is 41.7 Å². The minimum Gasteiger partial charge on any atom is -0.355 e. The molecule has 3 N–H and O–H groups in total. The first-order chi connectivity index (χ1) is 9.35. The number of guanidine groups is 1. The maximum Gasteiger partial charge on any atom is 0.251 e. The summed E-state index contributed by atoms with van der Waals surface area (Å²) < 4.78 is 0. The minimum absolute atomic E-state index is 0. The van der Waals surface area contributed by atoms with Crippen LogP contribution in [-0.4, -0.2) is 31.5 Å². The molecule has 1 aromatic rings. The second-order valence-corrected chi connectivity index (χ2v) is 5.58. The summed E-state index contributed by atoms with van der Waals surface area (Å²) in [6, 6.07) is 7.52. The maximum absolute atomic E-state index is 11.6. The van der Waals surface area contributed by atoms with Crippen LogP contribution in [0, 0.1) is 0 Å². The Kier molecular flexibility index (Phi) is 8.31. The molecular formula is C15H25IN4O. The first-order valence-corrected chi connectivity index (χ1v) is 6.65. The van der Waals surface area contributed by atoms with Crippen molar-refractivity contribution in [2.75, 3.05) is 14.1 Å². The highest BCUT2D eigenvalue weighted by atomic mass is 127. The Labute approximate surface area is 144 Å². The fraction of sp³-hybridized carbons (Fsp3) is 0.467. The molecule has 6 heteroatoms. The summed E-state index contributed by atoms with van der Waals surface area (Å²) in [4.78, 5) is 15.8. The van der Waals surface area contributed by atoms with Crippen molar-refractivity contribution >= 4 is 35.8 Å². The predicted molar refractivity (Wildman–Crippen MR) is 98.3 cm³/mol. The van der Waals surface area contributed by atoms with Gasteiger partial charge in [-0.05, 0) is 38.5 Å². The molecule has 0 atom stereocenters. The van der Waals surface area contributed by atoms with Crippen molar-refractivity contribution in [3.8, 4) is 0 Å². The van der Waals surface area contributed by atoms with Crippen molar-refractivity contribution in [3.63, 3.8) is 0 Å². The van der Waals surface area contributed by atoms with Gasteiger partial charge in [-0.1, -0.05) is 12.1 Å². The molecule has 0 aliphatic heterocycles. The van der Waals surface area contributed by atoms with Crippen LogP contribution >= 0.6 is 24.0 Å². The van der Waals surface area contributed by atoms with E-state index in [4.69, 9.17) is 0 Å². The zero-order chi connectivity index (χ0) is 15.2. The van der Waals surface area contributed by atoms with E-state index in [1.54, 1.807) is 20.2 Å². The smallest absolute Gasteiger partial charge is 0.251 e. The molecule has 0 unspecified atom stereocenters. The molecule has 1 aromatic carbocycles. The summed E-state index contributed by atoms with van der Waals surface area (Å²) in [6.07, 6.45) is 0. The molecule has 0 heterocycles. The van der Waals surface area contributed by atoms with Gasteiger partial charge in [0.25, 0.3) is 5.91 Å². The van der Waals surface area contributed by atoms with Crippen LogP contribution in [0.5, 0.6) is 0 Å². The Balaban J connectivity index is 0.00000400. The molecular weight excluding hydrogens is 379 g/mol. The first kappa shape index (κ1) is 19.7. The zero-order valence-corrected chi connectivity index (χ0v) is 15.6. The topological polar surface area (TPSA) is 65.5 Å². The number of aliphatic imine (C=N–C) groups is 1. The summed E-state index contributed by atoms with van der Waals surface area (Å²) in [5.41, 5.74) is 1.64. The molecule has 0 spiro atoms. The van der Waals surface area contributed by atoms with Crippen LogP contribution in [0.3, 0.4) is 0 Å². The lowest BCUT2D eigenvalue weighted by Gasteiger charge is -2.23.